The fourth-order valence-corrected chi connectivity index (χ4v) is 1.77. The summed E-state index contributed by atoms with van der Waals surface area (Å²) >= 11 is 2.45. The predicted molar refractivity (Wildman–Crippen MR) is 49.1 cm³/mol. The smallest absolute Gasteiger partial charge is 0.000462 e. The molecule has 0 radical (unpaired) electrons. The SMILES string of the molecule is ICCCC1CCNC1. The number of hydrogen-bond donors (Lipinski definition) is 1. The molecule has 0 amide bonds. The van der Waals surface area contributed by atoms with Gasteiger partial charge in [0, 0.05) is 0 Å². The van der Waals surface area contributed by atoms with Crippen molar-refractivity contribution in [2.75, 3.05) is 17.5 Å². The maximum atomic E-state index is 3.38. The second-order valence-electron chi connectivity index (χ2n) is 2.69. The lowest BCUT2D eigenvalue weighted by atomic mass is 10.0. The summed E-state index contributed by atoms with van der Waals surface area (Å²) in [6.45, 7) is 2.53. The molecule has 1 atom stereocenters. The predicted octanol–water partition coefficient (Wildman–Crippen LogP) is 1.81. The van der Waals surface area contributed by atoms with E-state index in [1.807, 2.05) is 0 Å². The molecule has 1 heterocycles. The van der Waals surface area contributed by atoms with Gasteiger partial charge in [0.15, 0.2) is 0 Å². The summed E-state index contributed by atoms with van der Waals surface area (Å²) < 4.78 is 1.33. The monoisotopic (exact) mass is 239 g/mol. The van der Waals surface area contributed by atoms with Crippen molar-refractivity contribution in [3.8, 4) is 0 Å². The van der Waals surface area contributed by atoms with Crippen LogP contribution in [0.25, 0.3) is 0 Å². The van der Waals surface area contributed by atoms with Gasteiger partial charge in [-0.25, -0.2) is 0 Å². The van der Waals surface area contributed by atoms with Gasteiger partial charge in [-0.2, -0.15) is 0 Å². The highest BCUT2D eigenvalue weighted by Crippen LogP contribution is 2.14. The fraction of sp³-hybridized carbons (Fsp3) is 1.00. The zero-order valence-electron chi connectivity index (χ0n) is 5.70. The Balaban J connectivity index is 1.98. The topological polar surface area (TPSA) is 12.0 Å². The van der Waals surface area contributed by atoms with Gasteiger partial charge >= 0.3 is 0 Å². The Labute approximate surface area is 70.7 Å². The van der Waals surface area contributed by atoms with Gasteiger partial charge in [0.1, 0.15) is 0 Å². The molecular weight excluding hydrogens is 225 g/mol. The minimum atomic E-state index is 1.000. The Morgan fingerprint density at radius 2 is 2.44 bits per heavy atom. The van der Waals surface area contributed by atoms with Crippen LogP contribution in [0.15, 0.2) is 0 Å². The maximum Gasteiger partial charge on any atom is -0.000462 e. The van der Waals surface area contributed by atoms with Crippen molar-refractivity contribution in [3.05, 3.63) is 0 Å². The molecule has 0 aromatic rings. The summed E-state index contributed by atoms with van der Waals surface area (Å²) in [4.78, 5) is 0. The van der Waals surface area contributed by atoms with E-state index in [-0.39, 0.29) is 0 Å². The molecule has 0 saturated carbocycles. The van der Waals surface area contributed by atoms with Crippen LogP contribution in [0, 0.1) is 5.92 Å². The van der Waals surface area contributed by atoms with E-state index in [1.54, 1.807) is 0 Å². The normalized spacial score (nSPS) is 27.0. The number of alkyl halides is 1. The first-order chi connectivity index (χ1) is 4.43. The minimum Gasteiger partial charge on any atom is -0.316 e. The Bertz CT molecular complexity index is 69.3. The van der Waals surface area contributed by atoms with E-state index < -0.39 is 0 Å². The molecule has 9 heavy (non-hydrogen) atoms. The molecule has 1 unspecified atom stereocenters. The lowest BCUT2D eigenvalue weighted by molar-refractivity contribution is 0.529. The van der Waals surface area contributed by atoms with Crippen LogP contribution in [0.2, 0.25) is 0 Å². The van der Waals surface area contributed by atoms with Gasteiger partial charge in [0.2, 0.25) is 0 Å². The third-order valence-electron chi connectivity index (χ3n) is 1.91. The lowest BCUT2D eigenvalue weighted by Gasteiger charge is -2.04. The Kier molecular flexibility index (Phi) is 3.89. The number of nitrogens with one attached hydrogen (secondary N) is 1. The van der Waals surface area contributed by atoms with Crippen molar-refractivity contribution < 1.29 is 0 Å². The highest BCUT2D eigenvalue weighted by Gasteiger charge is 2.12. The highest BCUT2D eigenvalue weighted by molar-refractivity contribution is 14.1. The Morgan fingerprint density at radius 3 is 3.00 bits per heavy atom. The molecule has 1 nitrogen and oxygen atoms in total. The van der Waals surface area contributed by atoms with Gasteiger partial charge in [0.05, 0.1) is 0 Å². The van der Waals surface area contributed by atoms with Crippen molar-refractivity contribution in [2.24, 2.45) is 5.92 Å². The zero-order chi connectivity index (χ0) is 6.53. The molecule has 0 aromatic carbocycles. The van der Waals surface area contributed by atoms with E-state index in [0.29, 0.717) is 0 Å². The van der Waals surface area contributed by atoms with Crippen molar-refractivity contribution in [1.82, 2.24) is 5.32 Å². The quantitative estimate of drug-likeness (QED) is 0.585. The number of halogens is 1. The summed E-state index contributed by atoms with van der Waals surface area (Å²) in [6, 6.07) is 0. The first kappa shape index (κ1) is 7.79. The van der Waals surface area contributed by atoms with Crippen molar-refractivity contribution in [2.45, 2.75) is 19.3 Å². The molecule has 0 aromatic heterocycles. The van der Waals surface area contributed by atoms with E-state index in [0.717, 1.165) is 5.92 Å². The van der Waals surface area contributed by atoms with Crippen LogP contribution in [0.5, 0.6) is 0 Å². The molecule has 54 valence electrons. The van der Waals surface area contributed by atoms with Crippen LogP contribution in [-0.2, 0) is 0 Å². The second kappa shape index (κ2) is 4.50. The highest BCUT2D eigenvalue weighted by atomic mass is 127. The lowest BCUT2D eigenvalue weighted by Crippen LogP contribution is -2.08. The molecule has 0 aliphatic carbocycles. The van der Waals surface area contributed by atoms with Gasteiger partial charge in [-0.15, -0.1) is 0 Å². The van der Waals surface area contributed by atoms with Gasteiger partial charge in [-0.1, -0.05) is 22.6 Å². The van der Waals surface area contributed by atoms with Crippen LogP contribution in [0.4, 0.5) is 0 Å². The summed E-state index contributed by atoms with van der Waals surface area (Å²) in [5.41, 5.74) is 0. The molecule has 1 aliphatic rings. The van der Waals surface area contributed by atoms with Crippen LogP contribution in [-0.4, -0.2) is 17.5 Å². The van der Waals surface area contributed by atoms with Crippen molar-refractivity contribution >= 4 is 22.6 Å². The van der Waals surface area contributed by atoms with Crippen LogP contribution < -0.4 is 5.32 Å². The number of rotatable bonds is 3. The number of hydrogen-bond acceptors (Lipinski definition) is 1. The largest absolute Gasteiger partial charge is 0.316 e. The average Bonchev–Trinajstić information content (AvgIpc) is 2.34. The molecule has 0 bridgehead atoms. The van der Waals surface area contributed by atoms with E-state index in [9.17, 15) is 0 Å². The van der Waals surface area contributed by atoms with Crippen molar-refractivity contribution in [1.29, 1.82) is 0 Å². The fourth-order valence-electron chi connectivity index (χ4n) is 1.33. The average molecular weight is 239 g/mol. The molecule has 2 heteroatoms. The van der Waals surface area contributed by atoms with Gasteiger partial charge in [0.25, 0.3) is 0 Å². The summed E-state index contributed by atoms with van der Waals surface area (Å²) in [5.74, 6) is 1.000. The second-order valence-corrected chi connectivity index (χ2v) is 3.77. The summed E-state index contributed by atoms with van der Waals surface area (Å²) in [5, 5.41) is 3.38. The van der Waals surface area contributed by atoms with Gasteiger partial charge in [-0.05, 0) is 42.7 Å². The first-order valence-electron chi connectivity index (χ1n) is 3.70. The van der Waals surface area contributed by atoms with Crippen LogP contribution >= 0.6 is 22.6 Å². The minimum absolute atomic E-state index is 1.000. The molecular formula is C7H14IN. The molecule has 1 N–H and O–H groups in total. The van der Waals surface area contributed by atoms with E-state index >= 15 is 0 Å². The third kappa shape index (κ3) is 2.85. The molecule has 1 aliphatic heterocycles. The summed E-state index contributed by atoms with van der Waals surface area (Å²) in [6.07, 6.45) is 4.26. The molecule has 0 spiro atoms. The van der Waals surface area contributed by atoms with Crippen LogP contribution in [0.3, 0.4) is 0 Å². The molecule has 1 saturated heterocycles. The summed E-state index contributed by atoms with van der Waals surface area (Å²) in [7, 11) is 0. The van der Waals surface area contributed by atoms with E-state index in [2.05, 4.69) is 27.9 Å². The standard InChI is InChI=1S/C7H14IN/c8-4-1-2-7-3-5-9-6-7/h7,9H,1-6H2. The van der Waals surface area contributed by atoms with E-state index in [1.165, 1.54) is 36.8 Å². The first-order valence-corrected chi connectivity index (χ1v) is 5.22. The Hall–Kier alpha value is 0.690. The van der Waals surface area contributed by atoms with Gasteiger partial charge in [-0.3, -0.25) is 0 Å². The van der Waals surface area contributed by atoms with Crippen molar-refractivity contribution in [3.63, 3.8) is 0 Å². The van der Waals surface area contributed by atoms with E-state index in [4.69, 9.17) is 0 Å². The maximum absolute atomic E-state index is 3.38. The Morgan fingerprint density at radius 1 is 1.56 bits per heavy atom. The molecule has 1 fully saturated rings. The van der Waals surface area contributed by atoms with Gasteiger partial charge < -0.3 is 5.32 Å². The third-order valence-corrected chi connectivity index (χ3v) is 2.67. The van der Waals surface area contributed by atoms with Crippen LogP contribution in [0.1, 0.15) is 19.3 Å². The molecule has 1 rings (SSSR count). The zero-order valence-corrected chi connectivity index (χ0v) is 7.86.